The maximum Gasteiger partial charge on any atom is 0.255 e. The van der Waals surface area contributed by atoms with Crippen molar-refractivity contribution in [1.82, 2.24) is 0 Å². The zero-order chi connectivity index (χ0) is 21.5. The van der Waals surface area contributed by atoms with Gasteiger partial charge in [-0.15, -0.1) is 0 Å². The summed E-state index contributed by atoms with van der Waals surface area (Å²) in [6.07, 6.45) is -0.657. The molecule has 6 nitrogen and oxygen atoms in total. The SMILES string of the molecule is COc1ccc(C(=O)C(C)Oc2ccc(NC(=O)c3cccc(OC)c3)cc2)cc1. The van der Waals surface area contributed by atoms with Crippen LogP contribution in [0.4, 0.5) is 5.69 Å². The molecule has 0 aliphatic carbocycles. The number of hydrogen-bond acceptors (Lipinski definition) is 5. The summed E-state index contributed by atoms with van der Waals surface area (Å²) in [5.41, 5.74) is 1.66. The molecule has 0 spiro atoms. The molecule has 154 valence electrons. The van der Waals surface area contributed by atoms with Crippen molar-refractivity contribution in [3.05, 3.63) is 83.9 Å². The first-order chi connectivity index (χ1) is 14.5. The minimum Gasteiger partial charge on any atom is -0.497 e. The molecule has 0 aliphatic rings. The number of carbonyl (C=O) groups excluding carboxylic acids is 2. The van der Waals surface area contributed by atoms with Crippen LogP contribution >= 0.6 is 0 Å². The molecule has 0 saturated carbocycles. The molecule has 6 heteroatoms. The van der Waals surface area contributed by atoms with E-state index in [0.29, 0.717) is 34.1 Å². The van der Waals surface area contributed by atoms with E-state index in [4.69, 9.17) is 14.2 Å². The molecule has 0 aliphatic heterocycles. The Morgan fingerprint density at radius 3 is 2.03 bits per heavy atom. The molecule has 1 atom stereocenters. The van der Waals surface area contributed by atoms with Gasteiger partial charge in [0.1, 0.15) is 17.2 Å². The van der Waals surface area contributed by atoms with E-state index in [1.54, 1.807) is 93.9 Å². The van der Waals surface area contributed by atoms with Crippen LogP contribution in [0.3, 0.4) is 0 Å². The molecule has 0 radical (unpaired) electrons. The van der Waals surface area contributed by atoms with Gasteiger partial charge < -0.3 is 19.5 Å². The topological polar surface area (TPSA) is 73.9 Å². The molecule has 1 unspecified atom stereocenters. The highest BCUT2D eigenvalue weighted by Gasteiger charge is 2.17. The fourth-order valence-corrected chi connectivity index (χ4v) is 2.83. The van der Waals surface area contributed by atoms with Crippen LogP contribution in [0.2, 0.25) is 0 Å². The third-order valence-corrected chi connectivity index (χ3v) is 4.50. The summed E-state index contributed by atoms with van der Waals surface area (Å²) in [5.74, 6) is 1.45. The second kappa shape index (κ2) is 9.60. The van der Waals surface area contributed by atoms with Gasteiger partial charge in [-0.05, 0) is 73.7 Å². The molecular formula is C24H23NO5. The summed E-state index contributed by atoms with van der Waals surface area (Å²) in [6.45, 7) is 1.70. The Morgan fingerprint density at radius 1 is 0.767 bits per heavy atom. The van der Waals surface area contributed by atoms with Gasteiger partial charge in [-0.2, -0.15) is 0 Å². The number of Topliss-reactive ketones (excluding diaryl/α,β-unsaturated/α-hetero) is 1. The second-order valence-electron chi connectivity index (χ2n) is 6.56. The van der Waals surface area contributed by atoms with Crippen molar-refractivity contribution >= 4 is 17.4 Å². The van der Waals surface area contributed by atoms with Crippen LogP contribution in [-0.4, -0.2) is 32.0 Å². The van der Waals surface area contributed by atoms with E-state index in [-0.39, 0.29) is 11.7 Å². The van der Waals surface area contributed by atoms with Crippen LogP contribution in [0.15, 0.2) is 72.8 Å². The third kappa shape index (κ3) is 5.17. The number of methoxy groups -OCH3 is 2. The molecule has 3 aromatic carbocycles. The van der Waals surface area contributed by atoms with E-state index in [0.717, 1.165) is 0 Å². The summed E-state index contributed by atoms with van der Waals surface area (Å²) in [5, 5.41) is 2.82. The van der Waals surface area contributed by atoms with E-state index in [2.05, 4.69) is 5.32 Å². The molecular weight excluding hydrogens is 382 g/mol. The first kappa shape index (κ1) is 20.9. The van der Waals surface area contributed by atoms with E-state index in [9.17, 15) is 9.59 Å². The normalized spacial score (nSPS) is 11.3. The molecule has 3 rings (SSSR count). The van der Waals surface area contributed by atoms with Gasteiger partial charge in [-0.1, -0.05) is 6.07 Å². The Bertz CT molecular complexity index is 1010. The van der Waals surface area contributed by atoms with Crippen molar-refractivity contribution in [1.29, 1.82) is 0 Å². The Kier molecular flexibility index (Phi) is 6.70. The lowest BCUT2D eigenvalue weighted by Gasteiger charge is -2.14. The van der Waals surface area contributed by atoms with Gasteiger partial charge in [-0.25, -0.2) is 0 Å². The quantitative estimate of drug-likeness (QED) is 0.554. The molecule has 0 saturated heterocycles. The standard InChI is InChI=1S/C24H23NO5/c1-16(23(26)17-7-11-20(28-2)12-8-17)30-21-13-9-19(10-14-21)25-24(27)18-5-4-6-22(15-18)29-3/h4-16H,1-3H3,(H,25,27). The Balaban J connectivity index is 1.60. The van der Waals surface area contributed by atoms with Crippen LogP contribution in [-0.2, 0) is 0 Å². The zero-order valence-corrected chi connectivity index (χ0v) is 17.0. The first-order valence-electron chi connectivity index (χ1n) is 9.40. The Labute approximate surface area is 175 Å². The summed E-state index contributed by atoms with van der Waals surface area (Å²) in [4.78, 5) is 24.9. The van der Waals surface area contributed by atoms with Crippen LogP contribution in [0.25, 0.3) is 0 Å². The van der Waals surface area contributed by atoms with E-state index in [1.807, 2.05) is 0 Å². The van der Waals surface area contributed by atoms with Gasteiger partial charge >= 0.3 is 0 Å². The molecule has 0 aromatic heterocycles. The number of ether oxygens (including phenoxy) is 3. The van der Waals surface area contributed by atoms with Crippen LogP contribution in [0, 0.1) is 0 Å². The van der Waals surface area contributed by atoms with Gasteiger partial charge in [-0.3, -0.25) is 9.59 Å². The summed E-state index contributed by atoms with van der Waals surface area (Å²) >= 11 is 0. The van der Waals surface area contributed by atoms with Crippen LogP contribution < -0.4 is 19.5 Å². The average Bonchev–Trinajstić information content (AvgIpc) is 2.79. The van der Waals surface area contributed by atoms with Gasteiger partial charge in [0.25, 0.3) is 5.91 Å². The lowest BCUT2D eigenvalue weighted by atomic mass is 10.1. The van der Waals surface area contributed by atoms with Crippen LogP contribution in [0.1, 0.15) is 27.6 Å². The lowest BCUT2D eigenvalue weighted by Crippen LogP contribution is -2.23. The number of carbonyl (C=O) groups is 2. The number of benzene rings is 3. The van der Waals surface area contributed by atoms with Gasteiger partial charge in [0, 0.05) is 16.8 Å². The van der Waals surface area contributed by atoms with E-state index >= 15 is 0 Å². The van der Waals surface area contributed by atoms with Gasteiger partial charge in [0.05, 0.1) is 14.2 Å². The monoisotopic (exact) mass is 405 g/mol. The molecule has 30 heavy (non-hydrogen) atoms. The second-order valence-corrected chi connectivity index (χ2v) is 6.56. The maximum atomic E-state index is 12.5. The lowest BCUT2D eigenvalue weighted by molar-refractivity contribution is 0.0818. The highest BCUT2D eigenvalue weighted by atomic mass is 16.5. The fraction of sp³-hybridized carbons (Fsp3) is 0.167. The number of ketones is 1. The Hall–Kier alpha value is -3.80. The molecule has 0 bridgehead atoms. The maximum absolute atomic E-state index is 12.5. The molecule has 1 amide bonds. The smallest absolute Gasteiger partial charge is 0.255 e. The van der Waals surface area contributed by atoms with Gasteiger partial charge in [0.2, 0.25) is 5.78 Å². The predicted molar refractivity (Wildman–Crippen MR) is 115 cm³/mol. The van der Waals surface area contributed by atoms with E-state index < -0.39 is 6.10 Å². The minimum atomic E-state index is -0.657. The third-order valence-electron chi connectivity index (χ3n) is 4.50. The average molecular weight is 405 g/mol. The number of nitrogens with one attached hydrogen (secondary N) is 1. The van der Waals surface area contributed by atoms with Crippen molar-refractivity contribution < 1.29 is 23.8 Å². The largest absolute Gasteiger partial charge is 0.497 e. The van der Waals surface area contributed by atoms with Crippen molar-refractivity contribution in [3.63, 3.8) is 0 Å². The number of hydrogen-bond donors (Lipinski definition) is 1. The fourth-order valence-electron chi connectivity index (χ4n) is 2.83. The van der Waals surface area contributed by atoms with Crippen LogP contribution in [0.5, 0.6) is 17.2 Å². The molecule has 1 N–H and O–H groups in total. The predicted octanol–water partition coefficient (Wildman–Crippen LogP) is 4.61. The number of rotatable bonds is 8. The Morgan fingerprint density at radius 2 is 1.40 bits per heavy atom. The van der Waals surface area contributed by atoms with E-state index in [1.165, 1.54) is 0 Å². The van der Waals surface area contributed by atoms with Crippen molar-refractivity contribution in [2.75, 3.05) is 19.5 Å². The van der Waals surface area contributed by atoms with Crippen molar-refractivity contribution in [3.8, 4) is 17.2 Å². The summed E-state index contributed by atoms with van der Waals surface area (Å²) < 4.78 is 16.0. The van der Waals surface area contributed by atoms with Gasteiger partial charge in [0.15, 0.2) is 6.10 Å². The first-order valence-corrected chi connectivity index (χ1v) is 9.40. The molecule has 0 heterocycles. The minimum absolute atomic E-state index is 0.131. The highest BCUT2D eigenvalue weighted by Crippen LogP contribution is 2.20. The highest BCUT2D eigenvalue weighted by molar-refractivity contribution is 6.04. The number of anilines is 1. The number of amides is 1. The molecule has 0 fully saturated rings. The summed E-state index contributed by atoms with van der Waals surface area (Å²) in [6, 6.07) is 20.6. The summed E-state index contributed by atoms with van der Waals surface area (Å²) in [7, 11) is 3.13. The van der Waals surface area contributed by atoms with Crippen molar-refractivity contribution in [2.45, 2.75) is 13.0 Å². The molecule has 3 aromatic rings. The zero-order valence-electron chi connectivity index (χ0n) is 17.0. The van der Waals surface area contributed by atoms with Crippen molar-refractivity contribution in [2.24, 2.45) is 0 Å².